The van der Waals surface area contributed by atoms with Crippen molar-refractivity contribution in [1.29, 1.82) is 0 Å². The molecule has 0 aliphatic heterocycles. The summed E-state index contributed by atoms with van der Waals surface area (Å²) in [6.45, 7) is 8.28. The molecule has 0 spiro atoms. The molecule has 20 heavy (non-hydrogen) atoms. The maximum absolute atomic E-state index is 4.39. The zero-order chi connectivity index (χ0) is 14.5. The van der Waals surface area contributed by atoms with Gasteiger partial charge in [0.1, 0.15) is 17.5 Å². The number of hydrogen-bond donors (Lipinski definition) is 2. The third-order valence-electron chi connectivity index (χ3n) is 2.71. The van der Waals surface area contributed by atoms with E-state index in [1.807, 2.05) is 25.1 Å². The molecule has 0 saturated carbocycles. The van der Waals surface area contributed by atoms with Crippen LogP contribution in [0.15, 0.2) is 41.4 Å². The summed E-state index contributed by atoms with van der Waals surface area (Å²) in [5.74, 6) is 2.26. The molecule has 0 radical (unpaired) electrons. The van der Waals surface area contributed by atoms with E-state index in [9.17, 15) is 0 Å². The largest absolute Gasteiger partial charge is 0.366 e. The first-order valence-corrected chi connectivity index (χ1v) is 7.11. The van der Waals surface area contributed by atoms with Gasteiger partial charge >= 0.3 is 0 Å². The summed E-state index contributed by atoms with van der Waals surface area (Å²) >= 11 is 3.53. The van der Waals surface area contributed by atoms with E-state index in [1.54, 1.807) is 6.08 Å². The monoisotopic (exact) mass is 332 g/mol. The standard InChI is InChI=1S/C15H17BrN4/c1-4-7-17-14-9-15(19-11(3)18-14)20-12-6-5-10(2)13(16)8-12/h4-6,8-9H,1,7H2,2-3H3,(H2,17,18,19,20). The molecule has 5 heteroatoms. The molecule has 2 rings (SSSR count). The van der Waals surface area contributed by atoms with Gasteiger partial charge in [-0.2, -0.15) is 0 Å². The summed E-state index contributed by atoms with van der Waals surface area (Å²) in [6.07, 6.45) is 1.79. The fourth-order valence-corrected chi connectivity index (χ4v) is 2.10. The Hall–Kier alpha value is -1.88. The van der Waals surface area contributed by atoms with E-state index < -0.39 is 0 Å². The molecular weight excluding hydrogens is 316 g/mol. The molecule has 1 heterocycles. The van der Waals surface area contributed by atoms with Crippen LogP contribution in [0.2, 0.25) is 0 Å². The first kappa shape index (κ1) is 14.5. The first-order chi connectivity index (χ1) is 9.58. The highest BCUT2D eigenvalue weighted by molar-refractivity contribution is 9.10. The molecule has 0 fully saturated rings. The topological polar surface area (TPSA) is 49.8 Å². The van der Waals surface area contributed by atoms with E-state index in [0.29, 0.717) is 12.4 Å². The summed E-state index contributed by atoms with van der Waals surface area (Å²) in [7, 11) is 0. The Labute approximate surface area is 127 Å². The van der Waals surface area contributed by atoms with E-state index in [-0.39, 0.29) is 0 Å². The molecule has 0 bridgehead atoms. The Morgan fingerprint density at radius 3 is 2.65 bits per heavy atom. The minimum absolute atomic E-state index is 0.673. The number of aromatic nitrogens is 2. The highest BCUT2D eigenvalue weighted by Crippen LogP contribution is 2.23. The lowest BCUT2D eigenvalue weighted by molar-refractivity contribution is 1.05. The molecular formula is C15H17BrN4. The summed E-state index contributed by atoms with van der Waals surface area (Å²) in [5, 5.41) is 6.45. The van der Waals surface area contributed by atoms with E-state index >= 15 is 0 Å². The highest BCUT2D eigenvalue weighted by Gasteiger charge is 2.03. The van der Waals surface area contributed by atoms with Crippen LogP contribution in [0.25, 0.3) is 0 Å². The molecule has 104 valence electrons. The Morgan fingerprint density at radius 1 is 1.20 bits per heavy atom. The smallest absolute Gasteiger partial charge is 0.136 e. The Bertz CT molecular complexity index is 625. The lowest BCUT2D eigenvalue weighted by atomic mass is 10.2. The van der Waals surface area contributed by atoms with Gasteiger partial charge in [-0.1, -0.05) is 28.1 Å². The van der Waals surface area contributed by atoms with E-state index in [2.05, 4.69) is 56.1 Å². The Morgan fingerprint density at radius 2 is 1.95 bits per heavy atom. The number of aryl methyl sites for hydroxylation is 2. The predicted octanol–water partition coefficient (Wildman–Crippen LogP) is 4.20. The maximum Gasteiger partial charge on any atom is 0.136 e. The van der Waals surface area contributed by atoms with Crippen LogP contribution in [-0.2, 0) is 0 Å². The molecule has 0 unspecified atom stereocenters. The van der Waals surface area contributed by atoms with Crippen LogP contribution >= 0.6 is 15.9 Å². The molecule has 0 aliphatic carbocycles. The predicted molar refractivity (Wildman–Crippen MR) is 87.6 cm³/mol. The van der Waals surface area contributed by atoms with Crippen molar-refractivity contribution in [2.45, 2.75) is 13.8 Å². The molecule has 4 nitrogen and oxygen atoms in total. The minimum atomic E-state index is 0.673. The lowest BCUT2D eigenvalue weighted by Gasteiger charge is -2.10. The summed E-state index contributed by atoms with van der Waals surface area (Å²) in [6, 6.07) is 7.99. The number of anilines is 3. The zero-order valence-corrected chi connectivity index (χ0v) is 13.2. The maximum atomic E-state index is 4.39. The Kier molecular flexibility index (Phi) is 4.74. The number of benzene rings is 1. The highest BCUT2D eigenvalue weighted by atomic mass is 79.9. The van der Waals surface area contributed by atoms with Gasteiger partial charge in [0.25, 0.3) is 0 Å². The van der Waals surface area contributed by atoms with Crippen molar-refractivity contribution in [3.63, 3.8) is 0 Å². The molecule has 2 N–H and O–H groups in total. The molecule has 1 aromatic carbocycles. The first-order valence-electron chi connectivity index (χ1n) is 6.32. The molecule has 0 aliphatic rings. The minimum Gasteiger partial charge on any atom is -0.366 e. The van der Waals surface area contributed by atoms with Gasteiger partial charge in [-0.15, -0.1) is 6.58 Å². The van der Waals surface area contributed by atoms with Crippen molar-refractivity contribution < 1.29 is 0 Å². The van der Waals surface area contributed by atoms with Crippen molar-refractivity contribution in [2.75, 3.05) is 17.2 Å². The fourth-order valence-electron chi connectivity index (χ4n) is 1.72. The third kappa shape index (κ3) is 3.81. The Balaban J connectivity index is 2.21. The summed E-state index contributed by atoms with van der Waals surface area (Å²) in [4.78, 5) is 8.71. The third-order valence-corrected chi connectivity index (χ3v) is 3.56. The number of rotatable bonds is 5. The van der Waals surface area contributed by atoms with Crippen LogP contribution in [0.4, 0.5) is 17.3 Å². The van der Waals surface area contributed by atoms with E-state index in [4.69, 9.17) is 0 Å². The van der Waals surface area contributed by atoms with Gasteiger partial charge in [-0.25, -0.2) is 9.97 Å². The average Bonchev–Trinajstić information content (AvgIpc) is 2.40. The zero-order valence-electron chi connectivity index (χ0n) is 11.6. The second-order valence-corrected chi connectivity index (χ2v) is 5.30. The van der Waals surface area contributed by atoms with Gasteiger partial charge in [0.2, 0.25) is 0 Å². The van der Waals surface area contributed by atoms with Crippen molar-refractivity contribution in [3.8, 4) is 0 Å². The van der Waals surface area contributed by atoms with Crippen molar-refractivity contribution in [1.82, 2.24) is 9.97 Å². The van der Waals surface area contributed by atoms with Crippen LogP contribution in [0.5, 0.6) is 0 Å². The SMILES string of the molecule is C=CCNc1cc(Nc2ccc(C)c(Br)c2)nc(C)n1. The van der Waals surface area contributed by atoms with E-state index in [0.717, 1.165) is 21.8 Å². The summed E-state index contributed by atoms with van der Waals surface area (Å²) < 4.78 is 1.07. The van der Waals surface area contributed by atoms with Gasteiger partial charge < -0.3 is 10.6 Å². The lowest BCUT2D eigenvalue weighted by Crippen LogP contribution is -2.04. The molecule has 1 aromatic heterocycles. The van der Waals surface area contributed by atoms with Crippen LogP contribution in [0, 0.1) is 13.8 Å². The molecule has 0 saturated heterocycles. The van der Waals surface area contributed by atoms with Gasteiger partial charge in [0.15, 0.2) is 0 Å². The van der Waals surface area contributed by atoms with Gasteiger partial charge in [0, 0.05) is 22.8 Å². The van der Waals surface area contributed by atoms with Gasteiger partial charge in [-0.05, 0) is 31.5 Å². The van der Waals surface area contributed by atoms with Gasteiger partial charge in [0.05, 0.1) is 0 Å². The van der Waals surface area contributed by atoms with Crippen LogP contribution < -0.4 is 10.6 Å². The van der Waals surface area contributed by atoms with Crippen LogP contribution in [0.3, 0.4) is 0 Å². The number of hydrogen-bond acceptors (Lipinski definition) is 4. The fraction of sp³-hybridized carbons (Fsp3) is 0.200. The van der Waals surface area contributed by atoms with Crippen molar-refractivity contribution >= 4 is 33.3 Å². The average molecular weight is 333 g/mol. The van der Waals surface area contributed by atoms with E-state index in [1.165, 1.54) is 5.56 Å². The molecule has 0 amide bonds. The quantitative estimate of drug-likeness (QED) is 0.805. The van der Waals surface area contributed by atoms with Crippen molar-refractivity contribution in [3.05, 3.63) is 52.8 Å². The second kappa shape index (κ2) is 6.52. The number of nitrogens with zero attached hydrogens (tertiary/aromatic N) is 2. The normalized spacial score (nSPS) is 10.2. The molecule has 2 aromatic rings. The van der Waals surface area contributed by atoms with Crippen LogP contribution in [0.1, 0.15) is 11.4 Å². The molecule has 0 atom stereocenters. The second-order valence-electron chi connectivity index (χ2n) is 4.44. The summed E-state index contributed by atoms with van der Waals surface area (Å²) in [5.41, 5.74) is 2.18. The van der Waals surface area contributed by atoms with Gasteiger partial charge in [-0.3, -0.25) is 0 Å². The number of halogens is 1. The van der Waals surface area contributed by atoms with Crippen LogP contribution in [-0.4, -0.2) is 16.5 Å². The van der Waals surface area contributed by atoms with Crippen molar-refractivity contribution in [2.24, 2.45) is 0 Å². The number of nitrogens with one attached hydrogen (secondary N) is 2.